The van der Waals surface area contributed by atoms with E-state index in [4.69, 9.17) is 0 Å². The molecule has 1 aliphatic rings. The van der Waals surface area contributed by atoms with Crippen molar-refractivity contribution in [3.63, 3.8) is 0 Å². The third kappa shape index (κ3) is 3.70. The van der Waals surface area contributed by atoms with Gasteiger partial charge in [0.05, 0.1) is 5.69 Å². The van der Waals surface area contributed by atoms with Crippen LogP contribution in [-0.2, 0) is 4.79 Å². The molecule has 3 nitrogen and oxygen atoms in total. The Labute approximate surface area is 118 Å². The minimum atomic E-state index is -0.427. The van der Waals surface area contributed by atoms with Gasteiger partial charge in [0.15, 0.2) is 0 Å². The van der Waals surface area contributed by atoms with Crippen molar-refractivity contribution < 1.29 is 9.18 Å². The van der Waals surface area contributed by atoms with Gasteiger partial charge in [-0.2, -0.15) is 11.8 Å². The second-order valence-electron chi connectivity index (χ2n) is 4.07. The highest BCUT2D eigenvalue weighted by molar-refractivity contribution is 9.10. The normalized spacial score (nSPS) is 19.6. The molecule has 1 saturated heterocycles. The number of rotatable bonds is 3. The fourth-order valence-electron chi connectivity index (χ4n) is 1.78. The number of thioether (sulfide) groups is 1. The predicted molar refractivity (Wildman–Crippen MR) is 76.5 cm³/mol. The SMILES string of the molecule is O=C(CC1CSCCN1)Nc1c(F)cccc1Br. The van der Waals surface area contributed by atoms with Crippen LogP contribution in [0.25, 0.3) is 0 Å². The summed E-state index contributed by atoms with van der Waals surface area (Å²) in [4.78, 5) is 11.8. The zero-order chi connectivity index (χ0) is 13.0. The van der Waals surface area contributed by atoms with Gasteiger partial charge in [-0.3, -0.25) is 4.79 Å². The van der Waals surface area contributed by atoms with Gasteiger partial charge in [-0.05, 0) is 28.1 Å². The fourth-order valence-corrected chi connectivity index (χ4v) is 3.17. The molecule has 1 heterocycles. The Morgan fingerprint density at radius 2 is 2.44 bits per heavy atom. The molecule has 2 N–H and O–H groups in total. The molecule has 1 aromatic rings. The van der Waals surface area contributed by atoms with Gasteiger partial charge >= 0.3 is 0 Å². The van der Waals surface area contributed by atoms with Crippen LogP contribution < -0.4 is 10.6 Å². The van der Waals surface area contributed by atoms with Gasteiger partial charge in [0, 0.05) is 35.0 Å². The van der Waals surface area contributed by atoms with Gasteiger partial charge in [-0.15, -0.1) is 0 Å². The second kappa shape index (κ2) is 6.54. The molecule has 0 saturated carbocycles. The molecule has 6 heteroatoms. The van der Waals surface area contributed by atoms with Crippen LogP contribution in [0.2, 0.25) is 0 Å². The van der Waals surface area contributed by atoms with Gasteiger partial charge in [0.25, 0.3) is 0 Å². The molecule has 1 atom stereocenters. The summed E-state index contributed by atoms with van der Waals surface area (Å²) in [6.07, 6.45) is 0.369. The number of benzene rings is 1. The summed E-state index contributed by atoms with van der Waals surface area (Å²) < 4.78 is 14.1. The maximum absolute atomic E-state index is 13.5. The maximum atomic E-state index is 13.5. The minimum absolute atomic E-state index is 0.166. The quantitative estimate of drug-likeness (QED) is 0.894. The van der Waals surface area contributed by atoms with Crippen LogP contribution in [0, 0.1) is 5.82 Å². The third-order valence-electron chi connectivity index (χ3n) is 2.66. The van der Waals surface area contributed by atoms with Crippen molar-refractivity contribution in [2.24, 2.45) is 0 Å². The third-order valence-corrected chi connectivity index (χ3v) is 4.45. The van der Waals surface area contributed by atoms with E-state index in [-0.39, 0.29) is 17.6 Å². The highest BCUT2D eigenvalue weighted by atomic mass is 79.9. The monoisotopic (exact) mass is 332 g/mol. The van der Waals surface area contributed by atoms with Gasteiger partial charge in [-0.25, -0.2) is 4.39 Å². The van der Waals surface area contributed by atoms with Crippen molar-refractivity contribution in [1.29, 1.82) is 0 Å². The predicted octanol–water partition coefficient (Wildman–Crippen LogP) is 2.62. The first-order chi connectivity index (χ1) is 8.66. The van der Waals surface area contributed by atoms with E-state index >= 15 is 0 Å². The van der Waals surface area contributed by atoms with Crippen LogP contribution in [0.1, 0.15) is 6.42 Å². The van der Waals surface area contributed by atoms with E-state index in [1.165, 1.54) is 6.07 Å². The number of hydrogen-bond acceptors (Lipinski definition) is 3. The van der Waals surface area contributed by atoms with E-state index < -0.39 is 5.82 Å². The van der Waals surface area contributed by atoms with Crippen LogP contribution in [-0.4, -0.2) is 30.0 Å². The number of carbonyl (C=O) groups is 1. The Bertz CT molecular complexity index is 418. The lowest BCUT2D eigenvalue weighted by Crippen LogP contribution is -2.40. The molecule has 18 heavy (non-hydrogen) atoms. The van der Waals surface area contributed by atoms with E-state index in [9.17, 15) is 9.18 Å². The van der Waals surface area contributed by atoms with E-state index in [1.54, 1.807) is 12.1 Å². The lowest BCUT2D eigenvalue weighted by molar-refractivity contribution is -0.116. The first-order valence-corrected chi connectivity index (χ1v) is 7.66. The molecule has 0 aromatic heterocycles. The summed E-state index contributed by atoms with van der Waals surface area (Å²) in [7, 11) is 0. The fraction of sp³-hybridized carbons (Fsp3) is 0.417. The topological polar surface area (TPSA) is 41.1 Å². The van der Waals surface area contributed by atoms with Crippen molar-refractivity contribution in [3.05, 3.63) is 28.5 Å². The zero-order valence-corrected chi connectivity index (χ0v) is 12.1. The van der Waals surface area contributed by atoms with Crippen LogP contribution in [0.15, 0.2) is 22.7 Å². The highest BCUT2D eigenvalue weighted by Crippen LogP contribution is 2.25. The van der Waals surface area contributed by atoms with Gasteiger partial charge < -0.3 is 10.6 Å². The van der Waals surface area contributed by atoms with Gasteiger partial charge in [0.1, 0.15) is 5.82 Å². The molecule has 1 amide bonds. The van der Waals surface area contributed by atoms with Crippen LogP contribution in [0.3, 0.4) is 0 Å². The molecule has 1 aliphatic heterocycles. The molecule has 0 bridgehead atoms. The molecular formula is C12H14BrFN2OS. The first-order valence-electron chi connectivity index (χ1n) is 5.72. The standard InChI is InChI=1S/C12H14BrFN2OS/c13-9-2-1-3-10(14)12(9)16-11(17)6-8-7-18-5-4-15-8/h1-3,8,15H,4-7H2,(H,16,17). The molecule has 0 aliphatic carbocycles. The molecule has 2 rings (SSSR count). The highest BCUT2D eigenvalue weighted by Gasteiger charge is 2.18. The number of anilines is 1. The van der Waals surface area contributed by atoms with E-state index in [0.29, 0.717) is 10.9 Å². The average Bonchev–Trinajstić information content (AvgIpc) is 2.35. The second-order valence-corrected chi connectivity index (χ2v) is 6.08. The number of hydrogen-bond donors (Lipinski definition) is 2. The smallest absolute Gasteiger partial charge is 0.226 e. The Kier molecular flexibility index (Phi) is 5.03. The summed E-state index contributed by atoms with van der Waals surface area (Å²) >= 11 is 5.06. The Balaban J connectivity index is 1.94. The zero-order valence-electron chi connectivity index (χ0n) is 9.71. The van der Waals surface area contributed by atoms with Gasteiger partial charge in [0.2, 0.25) is 5.91 Å². The number of nitrogens with one attached hydrogen (secondary N) is 2. The number of para-hydroxylation sites is 1. The van der Waals surface area contributed by atoms with E-state index in [2.05, 4.69) is 26.6 Å². The summed E-state index contributed by atoms with van der Waals surface area (Å²) in [5.74, 6) is 1.41. The van der Waals surface area contributed by atoms with E-state index in [1.807, 2.05) is 11.8 Å². The average molecular weight is 333 g/mol. The number of halogens is 2. The van der Waals surface area contributed by atoms with Crippen molar-refractivity contribution in [2.75, 3.05) is 23.4 Å². The first kappa shape index (κ1) is 13.8. The lowest BCUT2D eigenvalue weighted by atomic mass is 10.2. The molecule has 1 fully saturated rings. The Hall–Kier alpha value is -0.590. The van der Waals surface area contributed by atoms with Crippen molar-refractivity contribution in [1.82, 2.24) is 5.32 Å². The molecular weight excluding hydrogens is 319 g/mol. The maximum Gasteiger partial charge on any atom is 0.226 e. The molecule has 0 spiro atoms. The largest absolute Gasteiger partial charge is 0.323 e. The lowest BCUT2D eigenvalue weighted by Gasteiger charge is -2.22. The van der Waals surface area contributed by atoms with Crippen molar-refractivity contribution in [3.8, 4) is 0 Å². The molecule has 98 valence electrons. The Morgan fingerprint density at radius 1 is 1.61 bits per heavy atom. The van der Waals surface area contributed by atoms with Crippen LogP contribution in [0.4, 0.5) is 10.1 Å². The van der Waals surface area contributed by atoms with E-state index in [0.717, 1.165) is 18.1 Å². The number of carbonyl (C=O) groups excluding carboxylic acids is 1. The van der Waals surface area contributed by atoms with Crippen molar-refractivity contribution >= 4 is 39.3 Å². The summed E-state index contributed by atoms with van der Waals surface area (Å²) in [5, 5.41) is 5.89. The number of amides is 1. The van der Waals surface area contributed by atoms with Crippen LogP contribution >= 0.6 is 27.7 Å². The molecule has 1 aromatic carbocycles. The Morgan fingerprint density at radius 3 is 3.11 bits per heavy atom. The minimum Gasteiger partial charge on any atom is -0.323 e. The molecule has 1 unspecified atom stereocenters. The van der Waals surface area contributed by atoms with Crippen LogP contribution in [0.5, 0.6) is 0 Å². The summed E-state index contributed by atoms with van der Waals surface area (Å²) in [6.45, 7) is 0.923. The summed E-state index contributed by atoms with van der Waals surface area (Å²) in [5.41, 5.74) is 0.214. The van der Waals surface area contributed by atoms with Gasteiger partial charge in [-0.1, -0.05) is 6.07 Å². The molecule has 0 radical (unpaired) electrons. The van der Waals surface area contributed by atoms with Crippen molar-refractivity contribution in [2.45, 2.75) is 12.5 Å². The summed E-state index contributed by atoms with van der Waals surface area (Å²) in [6, 6.07) is 4.80.